The topological polar surface area (TPSA) is 41.5 Å². The first-order valence-electron chi connectivity index (χ1n) is 6.54. The maximum atomic E-state index is 9.13. The number of methoxy groups -OCH3 is 1. The molecule has 2 N–H and O–H groups in total. The molecule has 0 aliphatic carbocycles. The molecule has 3 heteroatoms. The average Bonchev–Trinajstić information content (AvgIpc) is 2.15. The number of aliphatic hydroxyl groups excluding tert-OH is 1. The Balaban J connectivity index is 4.36. The van der Waals surface area contributed by atoms with E-state index in [-0.39, 0.29) is 17.6 Å². The van der Waals surface area contributed by atoms with E-state index in [0.29, 0.717) is 12.1 Å². The van der Waals surface area contributed by atoms with Crippen molar-refractivity contribution >= 4 is 0 Å². The minimum atomic E-state index is -0.103. The second-order valence-corrected chi connectivity index (χ2v) is 6.67. The number of aliphatic hydroxyl groups is 1. The first-order valence-corrected chi connectivity index (χ1v) is 6.54. The molecule has 0 spiro atoms. The fourth-order valence-electron chi connectivity index (χ4n) is 2.12. The molecule has 0 saturated heterocycles. The molecular formula is C14H31NO2. The maximum Gasteiger partial charge on any atom is 0.0637 e. The predicted octanol–water partition coefficient (Wildman–Crippen LogP) is 2.58. The van der Waals surface area contributed by atoms with Gasteiger partial charge >= 0.3 is 0 Å². The van der Waals surface area contributed by atoms with E-state index in [1.807, 2.05) is 0 Å². The first-order chi connectivity index (χ1) is 7.62. The molecule has 0 aromatic rings. The second kappa shape index (κ2) is 6.72. The fraction of sp³-hybridized carbons (Fsp3) is 1.00. The summed E-state index contributed by atoms with van der Waals surface area (Å²) in [6.45, 7) is 13.2. The van der Waals surface area contributed by atoms with E-state index in [0.717, 1.165) is 12.8 Å². The van der Waals surface area contributed by atoms with E-state index in [1.54, 1.807) is 7.11 Å². The lowest BCUT2D eigenvalue weighted by atomic mass is 9.84. The molecule has 0 rings (SSSR count). The lowest BCUT2D eigenvalue weighted by molar-refractivity contribution is 0.00579. The van der Waals surface area contributed by atoms with Crippen LogP contribution in [0.4, 0.5) is 0 Å². The monoisotopic (exact) mass is 245 g/mol. The quantitative estimate of drug-likeness (QED) is 0.724. The van der Waals surface area contributed by atoms with Gasteiger partial charge in [0.2, 0.25) is 0 Å². The lowest BCUT2D eigenvalue weighted by Gasteiger charge is -2.36. The van der Waals surface area contributed by atoms with Crippen molar-refractivity contribution in [1.82, 2.24) is 5.32 Å². The highest BCUT2D eigenvalue weighted by Gasteiger charge is 2.27. The van der Waals surface area contributed by atoms with Crippen LogP contribution in [0.2, 0.25) is 0 Å². The molecule has 17 heavy (non-hydrogen) atoms. The smallest absolute Gasteiger partial charge is 0.0637 e. The van der Waals surface area contributed by atoms with Gasteiger partial charge in [0, 0.05) is 25.8 Å². The third kappa shape index (κ3) is 7.02. The van der Waals surface area contributed by atoms with Crippen LogP contribution < -0.4 is 5.32 Å². The van der Waals surface area contributed by atoms with Gasteiger partial charge in [-0.1, -0.05) is 20.8 Å². The molecule has 2 unspecified atom stereocenters. The van der Waals surface area contributed by atoms with Crippen molar-refractivity contribution in [1.29, 1.82) is 0 Å². The maximum absolute atomic E-state index is 9.13. The van der Waals surface area contributed by atoms with E-state index in [9.17, 15) is 0 Å². The van der Waals surface area contributed by atoms with Gasteiger partial charge in [0.1, 0.15) is 0 Å². The summed E-state index contributed by atoms with van der Waals surface area (Å²) in [5.41, 5.74) is 0.0578. The molecule has 0 radical (unpaired) electrons. The molecule has 0 aliphatic rings. The molecular weight excluding hydrogens is 214 g/mol. The summed E-state index contributed by atoms with van der Waals surface area (Å²) in [5, 5.41) is 12.7. The van der Waals surface area contributed by atoms with E-state index in [1.165, 1.54) is 0 Å². The number of hydrogen-bond donors (Lipinski definition) is 2. The van der Waals surface area contributed by atoms with Gasteiger partial charge in [-0.3, -0.25) is 0 Å². The second-order valence-electron chi connectivity index (χ2n) is 6.67. The van der Waals surface area contributed by atoms with Crippen LogP contribution in [-0.2, 0) is 4.74 Å². The van der Waals surface area contributed by atoms with Crippen LogP contribution in [0.5, 0.6) is 0 Å². The third-order valence-corrected chi connectivity index (χ3v) is 3.30. The van der Waals surface area contributed by atoms with Gasteiger partial charge < -0.3 is 15.2 Å². The van der Waals surface area contributed by atoms with Crippen LogP contribution in [0, 0.1) is 5.41 Å². The van der Waals surface area contributed by atoms with Crippen molar-refractivity contribution in [2.75, 3.05) is 13.7 Å². The minimum Gasteiger partial charge on any atom is -0.396 e. The van der Waals surface area contributed by atoms with Crippen LogP contribution >= 0.6 is 0 Å². The summed E-state index contributed by atoms with van der Waals surface area (Å²) in [4.78, 5) is 0. The molecule has 0 heterocycles. The van der Waals surface area contributed by atoms with Gasteiger partial charge in [0.15, 0.2) is 0 Å². The Hall–Kier alpha value is -0.120. The Bertz CT molecular complexity index is 209. The summed E-state index contributed by atoms with van der Waals surface area (Å²) in [6.07, 6.45) is 1.75. The normalized spacial score (nSPS) is 16.9. The summed E-state index contributed by atoms with van der Waals surface area (Å²) < 4.78 is 5.45. The van der Waals surface area contributed by atoms with Crippen LogP contribution in [0.25, 0.3) is 0 Å². The van der Waals surface area contributed by atoms with Crippen LogP contribution in [0.1, 0.15) is 54.4 Å². The van der Waals surface area contributed by atoms with Crippen molar-refractivity contribution in [3.05, 3.63) is 0 Å². The summed E-state index contributed by atoms with van der Waals surface area (Å²) in [5.74, 6) is 0. The number of nitrogens with one attached hydrogen (secondary N) is 1. The Morgan fingerprint density at radius 3 is 2.06 bits per heavy atom. The van der Waals surface area contributed by atoms with Crippen molar-refractivity contribution in [2.24, 2.45) is 5.41 Å². The SMILES string of the molecule is COC(C)(C)CC(C)NC(CCO)C(C)(C)C. The van der Waals surface area contributed by atoms with Crippen LogP contribution in [0.15, 0.2) is 0 Å². The highest BCUT2D eigenvalue weighted by molar-refractivity contribution is 4.85. The van der Waals surface area contributed by atoms with Gasteiger partial charge in [-0.05, 0) is 39.0 Å². The van der Waals surface area contributed by atoms with E-state index in [4.69, 9.17) is 9.84 Å². The number of ether oxygens (including phenoxy) is 1. The summed E-state index contributed by atoms with van der Waals surface area (Å²) >= 11 is 0. The molecule has 0 aromatic heterocycles. The molecule has 0 fully saturated rings. The van der Waals surface area contributed by atoms with Gasteiger partial charge in [-0.15, -0.1) is 0 Å². The van der Waals surface area contributed by atoms with Crippen molar-refractivity contribution in [2.45, 2.75) is 72.1 Å². The molecule has 0 aliphatic heterocycles. The molecule has 0 saturated carbocycles. The summed E-state index contributed by atoms with van der Waals surface area (Å²) in [6, 6.07) is 0.705. The Labute approximate surface area is 107 Å². The zero-order valence-electron chi connectivity index (χ0n) is 12.6. The zero-order valence-corrected chi connectivity index (χ0v) is 12.6. The Kier molecular flexibility index (Phi) is 6.67. The van der Waals surface area contributed by atoms with Crippen LogP contribution in [-0.4, -0.2) is 36.5 Å². The third-order valence-electron chi connectivity index (χ3n) is 3.30. The largest absolute Gasteiger partial charge is 0.396 e. The highest BCUT2D eigenvalue weighted by Crippen LogP contribution is 2.24. The minimum absolute atomic E-state index is 0.103. The molecule has 104 valence electrons. The van der Waals surface area contributed by atoms with Gasteiger partial charge in [0.25, 0.3) is 0 Å². The summed E-state index contributed by atoms with van der Waals surface area (Å²) in [7, 11) is 1.75. The van der Waals surface area contributed by atoms with Crippen LogP contribution in [0.3, 0.4) is 0 Å². The lowest BCUT2D eigenvalue weighted by Crippen LogP contribution is -2.47. The van der Waals surface area contributed by atoms with E-state index in [2.05, 4.69) is 46.9 Å². The van der Waals surface area contributed by atoms with Crippen molar-refractivity contribution in [3.8, 4) is 0 Å². The Morgan fingerprint density at radius 2 is 1.71 bits per heavy atom. The predicted molar refractivity (Wildman–Crippen MR) is 73.2 cm³/mol. The standard InChI is InChI=1S/C14H31NO2/c1-11(10-14(5,6)17-7)15-12(8-9-16)13(2,3)4/h11-12,15-16H,8-10H2,1-7H3. The number of hydrogen-bond acceptors (Lipinski definition) is 3. The molecule has 2 atom stereocenters. The molecule has 0 aromatic carbocycles. The van der Waals surface area contributed by atoms with E-state index >= 15 is 0 Å². The molecule has 0 bridgehead atoms. The fourth-order valence-corrected chi connectivity index (χ4v) is 2.12. The van der Waals surface area contributed by atoms with Gasteiger partial charge in [-0.25, -0.2) is 0 Å². The Morgan fingerprint density at radius 1 is 1.18 bits per heavy atom. The first kappa shape index (κ1) is 16.9. The van der Waals surface area contributed by atoms with E-state index < -0.39 is 0 Å². The molecule has 0 amide bonds. The number of rotatable bonds is 7. The average molecular weight is 245 g/mol. The molecule has 3 nitrogen and oxygen atoms in total. The van der Waals surface area contributed by atoms with Gasteiger partial charge in [0.05, 0.1) is 5.60 Å². The highest BCUT2D eigenvalue weighted by atomic mass is 16.5. The van der Waals surface area contributed by atoms with Crippen molar-refractivity contribution in [3.63, 3.8) is 0 Å². The van der Waals surface area contributed by atoms with Crippen molar-refractivity contribution < 1.29 is 9.84 Å². The van der Waals surface area contributed by atoms with Gasteiger partial charge in [-0.2, -0.15) is 0 Å². The zero-order chi connectivity index (χ0) is 13.7.